The summed E-state index contributed by atoms with van der Waals surface area (Å²) in [7, 11) is -7.41. The fourth-order valence-electron chi connectivity index (χ4n) is 5.81. The number of halogens is 2. The summed E-state index contributed by atoms with van der Waals surface area (Å²) in [5, 5.41) is 2.34. The molecule has 10 heteroatoms. The van der Waals surface area contributed by atoms with E-state index in [0.29, 0.717) is 28.7 Å². The van der Waals surface area contributed by atoms with Gasteiger partial charge in [0, 0.05) is 5.02 Å². The highest BCUT2D eigenvalue weighted by atomic mass is 35.5. The van der Waals surface area contributed by atoms with Crippen LogP contribution in [0, 0.1) is 0 Å². The maximum atomic E-state index is 13.3. The smallest absolute Gasteiger partial charge is 0.206 e. The SMILES string of the molecule is CCC(C)(Cl)c1ccc(S(=O)(=O)c2ccc(Oc3ccc4cc(OC(C)(CC)c5ccc(S(=O)(=O)c6ccc(Cl)cc6)cc5)ccc4c3)cc2)cc1. The van der Waals surface area contributed by atoms with Gasteiger partial charge in [-0.2, -0.15) is 0 Å². The van der Waals surface area contributed by atoms with E-state index < -0.39 is 30.1 Å². The van der Waals surface area contributed by atoms with Gasteiger partial charge in [0.2, 0.25) is 19.7 Å². The van der Waals surface area contributed by atoms with Crippen LogP contribution in [0.5, 0.6) is 17.2 Å². The van der Waals surface area contributed by atoms with Crippen molar-refractivity contribution in [2.24, 2.45) is 0 Å². The van der Waals surface area contributed by atoms with Crippen LogP contribution in [-0.4, -0.2) is 16.8 Å². The molecule has 52 heavy (non-hydrogen) atoms. The van der Waals surface area contributed by atoms with E-state index in [9.17, 15) is 16.8 Å². The molecule has 0 saturated carbocycles. The number of rotatable bonds is 12. The van der Waals surface area contributed by atoms with E-state index in [2.05, 4.69) is 0 Å². The van der Waals surface area contributed by atoms with Crippen LogP contribution in [0.1, 0.15) is 51.7 Å². The van der Waals surface area contributed by atoms with E-state index in [1.54, 1.807) is 72.8 Å². The van der Waals surface area contributed by atoms with Crippen LogP contribution in [0.4, 0.5) is 0 Å². The van der Waals surface area contributed by atoms with Gasteiger partial charge in [0.05, 0.1) is 24.5 Å². The zero-order valence-electron chi connectivity index (χ0n) is 29.1. The summed E-state index contributed by atoms with van der Waals surface area (Å²) in [5.41, 5.74) is 0.992. The summed E-state index contributed by atoms with van der Waals surface area (Å²) < 4.78 is 65.5. The second-order valence-electron chi connectivity index (χ2n) is 13.0. The molecule has 268 valence electrons. The number of alkyl halides is 1. The summed E-state index contributed by atoms with van der Waals surface area (Å²) >= 11 is 12.5. The highest BCUT2D eigenvalue weighted by molar-refractivity contribution is 7.91. The molecule has 0 bridgehead atoms. The van der Waals surface area contributed by atoms with Crippen LogP contribution >= 0.6 is 23.2 Å². The van der Waals surface area contributed by atoms with Gasteiger partial charge in [-0.15, -0.1) is 11.6 Å². The van der Waals surface area contributed by atoms with Crippen LogP contribution in [-0.2, 0) is 30.1 Å². The van der Waals surface area contributed by atoms with Gasteiger partial charge in [-0.3, -0.25) is 0 Å². The van der Waals surface area contributed by atoms with Crippen molar-refractivity contribution in [1.29, 1.82) is 0 Å². The molecule has 0 aromatic heterocycles. The quantitative estimate of drug-likeness (QED) is 0.115. The Labute approximate surface area is 315 Å². The van der Waals surface area contributed by atoms with Crippen LogP contribution in [0.3, 0.4) is 0 Å². The molecule has 0 heterocycles. The molecule has 6 aromatic rings. The predicted octanol–water partition coefficient (Wildman–Crippen LogP) is 11.5. The van der Waals surface area contributed by atoms with Gasteiger partial charge in [0.15, 0.2) is 0 Å². The first-order valence-corrected chi connectivity index (χ1v) is 20.5. The van der Waals surface area contributed by atoms with Crippen molar-refractivity contribution >= 4 is 53.6 Å². The molecule has 6 nitrogen and oxygen atoms in total. The zero-order valence-corrected chi connectivity index (χ0v) is 32.3. The zero-order chi connectivity index (χ0) is 37.3. The van der Waals surface area contributed by atoms with Crippen LogP contribution in [0.25, 0.3) is 10.8 Å². The highest BCUT2D eigenvalue weighted by Gasteiger charge is 2.28. The van der Waals surface area contributed by atoms with Gasteiger partial charge in [0.1, 0.15) is 22.8 Å². The Morgan fingerprint density at radius 1 is 0.519 bits per heavy atom. The molecule has 2 atom stereocenters. The molecule has 0 N–H and O–H groups in total. The Bertz CT molecular complexity index is 2430. The van der Waals surface area contributed by atoms with Gasteiger partial charge in [-0.1, -0.05) is 61.8 Å². The number of sulfone groups is 2. The van der Waals surface area contributed by atoms with E-state index >= 15 is 0 Å². The van der Waals surface area contributed by atoms with Crippen molar-refractivity contribution in [1.82, 2.24) is 0 Å². The van der Waals surface area contributed by atoms with E-state index in [-0.39, 0.29) is 19.6 Å². The maximum Gasteiger partial charge on any atom is 0.206 e. The second-order valence-corrected chi connectivity index (χ2v) is 18.2. The standard InChI is InChI=1S/C42H38Cl2O6S2/c1-5-41(3,44)31-9-19-37(20-10-31)52(47,48)40-25-17-34(18-26-40)49-35-15-7-30-28-36(16-8-29(30)27-35)50-42(4,6-2)32-11-21-38(22-12-32)51(45,46)39-23-13-33(43)14-24-39/h7-28H,5-6H2,1-4H3. The van der Waals surface area contributed by atoms with Crippen molar-refractivity contribution in [3.63, 3.8) is 0 Å². The summed E-state index contributed by atoms with van der Waals surface area (Å²) in [4.78, 5) is 0.179. The summed E-state index contributed by atoms with van der Waals surface area (Å²) in [6, 6.07) is 37.5. The lowest BCUT2D eigenvalue weighted by Crippen LogP contribution is -2.28. The van der Waals surface area contributed by atoms with Crippen molar-refractivity contribution in [2.45, 2.75) is 70.6 Å². The Kier molecular flexibility index (Phi) is 10.5. The molecular formula is C42H38Cl2O6S2. The lowest BCUT2D eigenvalue weighted by atomic mass is 9.93. The summed E-state index contributed by atoms with van der Waals surface area (Å²) in [6.07, 6.45) is 1.36. The average Bonchev–Trinajstić information content (AvgIpc) is 3.15. The second kappa shape index (κ2) is 14.6. The normalized spacial score (nSPS) is 14.3. The van der Waals surface area contributed by atoms with E-state index in [4.69, 9.17) is 32.7 Å². The first-order chi connectivity index (χ1) is 24.6. The molecule has 2 unspecified atom stereocenters. The Morgan fingerprint density at radius 3 is 1.40 bits per heavy atom. The van der Waals surface area contributed by atoms with Crippen LogP contribution < -0.4 is 9.47 Å². The van der Waals surface area contributed by atoms with Gasteiger partial charge < -0.3 is 9.47 Å². The fourth-order valence-corrected chi connectivity index (χ4v) is 8.58. The lowest BCUT2D eigenvalue weighted by Gasteiger charge is -2.30. The van der Waals surface area contributed by atoms with E-state index in [1.807, 2.05) is 64.1 Å². The van der Waals surface area contributed by atoms with Crippen molar-refractivity contribution in [3.05, 3.63) is 150 Å². The van der Waals surface area contributed by atoms with Crippen molar-refractivity contribution in [2.75, 3.05) is 0 Å². The molecule has 6 rings (SSSR count). The largest absolute Gasteiger partial charge is 0.483 e. The molecule has 0 spiro atoms. The molecule has 0 aliphatic rings. The molecule has 6 aromatic carbocycles. The molecule has 0 amide bonds. The Morgan fingerprint density at radius 2 is 0.923 bits per heavy atom. The monoisotopic (exact) mass is 772 g/mol. The number of ether oxygens (including phenoxy) is 2. The lowest BCUT2D eigenvalue weighted by molar-refractivity contribution is 0.0827. The molecular weight excluding hydrogens is 735 g/mol. The van der Waals surface area contributed by atoms with Crippen LogP contribution in [0.2, 0.25) is 5.02 Å². The molecule has 0 radical (unpaired) electrons. The van der Waals surface area contributed by atoms with Gasteiger partial charge in [-0.05, 0) is 146 Å². The van der Waals surface area contributed by atoms with E-state index in [0.717, 1.165) is 28.3 Å². The van der Waals surface area contributed by atoms with Gasteiger partial charge >= 0.3 is 0 Å². The fraction of sp³-hybridized carbons (Fsp3) is 0.190. The predicted molar refractivity (Wildman–Crippen MR) is 207 cm³/mol. The number of hydrogen-bond donors (Lipinski definition) is 0. The first-order valence-electron chi connectivity index (χ1n) is 16.8. The third kappa shape index (κ3) is 7.71. The van der Waals surface area contributed by atoms with Crippen molar-refractivity contribution < 1.29 is 26.3 Å². The molecule has 0 saturated heterocycles. The molecule has 0 fully saturated rings. The molecule has 0 aliphatic carbocycles. The third-order valence-corrected chi connectivity index (χ3v) is 13.8. The summed E-state index contributed by atoms with van der Waals surface area (Å²) in [5.74, 6) is 1.76. The topological polar surface area (TPSA) is 86.7 Å². The number of hydrogen-bond acceptors (Lipinski definition) is 6. The average molecular weight is 774 g/mol. The minimum absolute atomic E-state index is 0.167. The van der Waals surface area contributed by atoms with Gasteiger partial charge in [-0.25, -0.2) is 16.8 Å². The number of benzene rings is 6. The Hall–Kier alpha value is -4.34. The third-order valence-electron chi connectivity index (χ3n) is 9.50. The van der Waals surface area contributed by atoms with Crippen molar-refractivity contribution in [3.8, 4) is 17.2 Å². The number of fused-ring (bicyclic) bond motifs is 1. The van der Waals surface area contributed by atoms with Crippen LogP contribution in [0.15, 0.2) is 153 Å². The summed E-state index contributed by atoms with van der Waals surface area (Å²) in [6.45, 7) is 7.89. The first kappa shape index (κ1) is 37.4. The van der Waals surface area contributed by atoms with E-state index in [1.165, 1.54) is 24.3 Å². The highest BCUT2D eigenvalue weighted by Crippen LogP contribution is 2.36. The van der Waals surface area contributed by atoms with Gasteiger partial charge in [0.25, 0.3) is 0 Å². The Balaban J connectivity index is 1.14. The maximum absolute atomic E-state index is 13.3. The minimum Gasteiger partial charge on any atom is -0.483 e. The minimum atomic E-state index is -3.72. The molecule has 0 aliphatic heterocycles.